The van der Waals surface area contributed by atoms with Crippen molar-refractivity contribution >= 4 is 0 Å². The second kappa shape index (κ2) is 5.37. The second-order valence-electron chi connectivity index (χ2n) is 5.51. The summed E-state index contributed by atoms with van der Waals surface area (Å²) in [5, 5.41) is 0. The van der Waals surface area contributed by atoms with E-state index in [0.29, 0.717) is 0 Å². The van der Waals surface area contributed by atoms with E-state index >= 15 is 0 Å². The molecule has 1 aliphatic heterocycles. The maximum atomic E-state index is 13.2. The zero-order valence-electron chi connectivity index (χ0n) is 11.7. The van der Waals surface area contributed by atoms with E-state index in [9.17, 15) is 4.39 Å². The van der Waals surface area contributed by atoms with Crippen molar-refractivity contribution in [3.63, 3.8) is 0 Å². The predicted molar refractivity (Wildman–Crippen MR) is 78.2 cm³/mol. The van der Waals surface area contributed by atoms with Crippen LogP contribution in [0.4, 0.5) is 4.39 Å². The molecular formula is C18H19FO. The highest BCUT2D eigenvalue weighted by Crippen LogP contribution is 2.41. The van der Waals surface area contributed by atoms with Crippen LogP contribution in [0.3, 0.4) is 0 Å². The summed E-state index contributed by atoms with van der Waals surface area (Å²) in [5.41, 5.74) is 3.02. The molecule has 0 amide bonds. The Labute approximate surface area is 119 Å². The highest BCUT2D eigenvalue weighted by Gasteiger charge is 2.36. The number of aryl methyl sites for hydroxylation is 1. The van der Waals surface area contributed by atoms with Crippen LogP contribution in [0.25, 0.3) is 0 Å². The minimum atomic E-state index is -0.417. The molecule has 0 radical (unpaired) electrons. The molecule has 1 nitrogen and oxygen atoms in total. The van der Waals surface area contributed by atoms with Crippen molar-refractivity contribution in [1.82, 2.24) is 0 Å². The van der Waals surface area contributed by atoms with E-state index in [1.54, 1.807) is 0 Å². The van der Waals surface area contributed by atoms with Gasteiger partial charge in [-0.05, 0) is 49.4 Å². The topological polar surface area (TPSA) is 9.23 Å². The molecule has 2 heteroatoms. The highest BCUT2D eigenvalue weighted by molar-refractivity contribution is 5.38. The normalized spacial score (nSPS) is 22.7. The number of hydrogen-bond donors (Lipinski definition) is 0. The lowest BCUT2D eigenvalue weighted by Crippen LogP contribution is -2.34. The summed E-state index contributed by atoms with van der Waals surface area (Å²) >= 11 is 0. The molecule has 1 unspecified atom stereocenters. The summed E-state index contributed by atoms with van der Waals surface area (Å²) < 4.78 is 19.4. The molecule has 3 rings (SSSR count). The van der Waals surface area contributed by atoms with Crippen LogP contribution < -0.4 is 0 Å². The first-order chi connectivity index (χ1) is 9.71. The van der Waals surface area contributed by atoms with Crippen LogP contribution in [-0.4, -0.2) is 6.61 Å². The third-order valence-electron chi connectivity index (χ3n) is 4.10. The maximum Gasteiger partial charge on any atom is 0.123 e. The standard InChI is InChI=1S/C18H19FO/c1-14-4-6-15(7-5-14)18(12-2-3-13-20-18)16-8-10-17(19)11-9-16/h4-11H,2-3,12-13H2,1H3. The third-order valence-corrected chi connectivity index (χ3v) is 4.10. The number of halogens is 1. The molecule has 1 heterocycles. The van der Waals surface area contributed by atoms with E-state index in [0.717, 1.165) is 37.0 Å². The van der Waals surface area contributed by atoms with Gasteiger partial charge >= 0.3 is 0 Å². The van der Waals surface area contributed by atoms with Gasteiger partial charge in [-0.1, -0.05) is 42.0 Å². The van der Waals surface area contributed by atoms with Gasteiger partial charge in [0.15, 0.2) is 0 Å². The minimum absolute atomic E-state index is 0.205. The van der Waals surface area contributed by atoms with E-state index in [1.165, 1.54) is 17.7 Å². The summed E-state index contributed by atoms with van der Waals surface area (Å²) in [6, 6.07) is 15.2. The SMILES string of the molecule is Cc1ccc(C2(c3ccc(F)cc3)CCCCO2)cc1. The lowest BCUT2D eigenvalue weighted by molar-refractivity contribution is -0.0533. The van der Waals surface area contributed by atoms with Crippen molar-refractivity contribution in [1.29, 1.82) is 0 Å². The van der Waals surface area contributed by atoms with Crippen LogP contribution >= 0.6 is 0 Å². The largest absolute Gasteiger partial charge is 0.366 e. The molecule has 2 aromatic rings. The highest BCUT2D eigenvalue weighted by atomic mass is 19.1. The second-order valence-corrected chi connectivity index (χ2v) is 5.51. The number of benzene rings is 2. The Hall–Kier alpha value is -1.67. The van der Waals surface area contributed by atoms with Crippen molar-refractivity contribution in [2.45, 2.75) is 31.8 Å². The molecule has 0 saturated carbocycles. The average molecular weight is 270 g/mol. The number of hydrogen-bond acceptors (Lipinski definition) is 1. The number of rotatable bonds is 2. The smallest absolute Gasteiger partial charge is 0.123 e. The Bertz CT molecular complexity index is 518. The van der Waals surface area contributed by atoms with Gasteiger partial charge in [-0.2, -0.15) is 0 Å². The Balaban J connectivity index is 2.08. The van der Waals surface area contributed by atoms with Crippen molar-refractivity contribution in [3.05, 3.63) is 71.0 Å². The summed E-state index contributed by atoms with van der Waals surface area (Å²) in [7, 11) is 0. The Morgan fingerprint density at radius 3 is 2.05 bits per heavy atom. The van der Waals surface area contributed by atoms with Gasteiger partial charge < -0.3 is 4.74 Å². The third kappa shape index (κ3) is 2.36. The molecule has 0 bridgehead atoms. The molecule has 20 heavy (non-hydrogen) atoms. The molecule has 0 aromatic heterocycles. The maximum absolute atomic E-state index is 13.2. The zero-order chi connectivity index (χ0) is 14.0. The monoisotopic (exact) mass is 270 g/mol. The summed E-state index contributed by atoms with van der Waals surface area (Å²) in [6.45, 7) is 2.83. The van der Waals surface area contributed by atoms with Crippen LogP contribution in [0, 0.1) is 12.7 Å². The van der Waals surface area contributed by atoms with Gasteiger partial charge in [-0.3, -0.25) is 0 Å². The Morgan fingerprint density at radius 2 is 1.50 bits per heavy atom. The summed E-state index contributed by atoms with van der Waals surface area (Å²) in [6.07, 6.45) is 3.17. The van der Waals surface area contributed by atoms with Crippen LogP contribution in [0.1, 0.15) is 36.0 Å². The first kappa shape index (κ1) is 13.3. The van der Waals surface area contributed by atoms with Gasteiger partial charge in [0.1, 0.15) is 11.4 Å². The average Bonchev–Trinajstić information content (AvgIpc) is 2.49. The first-order valence-electron chi connectivity index (χ1n) is 7.18. The van der Waals surface area contributed by atoms with E-state index in [-0.39, 0.29) is 5.82 Å². The Morgan fingerprint density at radius 1 is 0.900 bits per heavy atom. The molecule has 1 fully saturated rings. The molecular weight excluding hydrogens is 251 g/mol. The zero-order valence-corrected chi connectivity index (χ0v) is 11.7. The van der Waals surface area contributed by atoms with Crippen molar-refractivity contribution in [2.75, 3.05) is 6.61 Å². The van der Waals surface area contributed by atoms with Crippen LogP contribution in [-0.2, 0) is 10.3 Å². The fraction of sp³-hybridized carbons (Fsp3) is 0.333. The molecule has 104 valence electrons. The van der Waals surface area contributed by atoms with Crippen LogP contribution in [0.5, 0.6) is 0 Å². The number of ether oxygens (including phenoxy) is 1. The van der Waals surface area contributed by atoms with Gasteiger partial charge in [0.2, 0.25) is 0 Å². The molecule has 0 spiro atoms. The fourth-order valence-corrected chi connectivity index (χ4v) is 2.96. The first-order valence-corrected chi connectivity index (χ1v) is 7.18. The molecule has 0 aliphatic carbocycles. The van der Waals surface area contributed by atoms with E-state index < -0.39 is 5.60 Å². The van der Waals surface area contributed by atoms with Gasteiger partial charge in [0.25, 0.3) is 0 Å². The van der Waals surface area contributed by atoms with Crippen LogP contribution in [0.2, 0.25) is 0 Å². The molecule has 1 atom stereocenters. The van der Waals surface area contributed by atoms with Gasteiger partial charge in [-0.25, -0.2) is 4.39 Å². The van der Waals surface area contributed by atoms with Crippen LogP contribution in [0.15, 0.2) is 48.5 Å². The Kier molecular flexibility index (Phi) is 3.58. The minimum Gasteiger partial charge on any atom is -0.366 e. The molecule has 1 aliphatic rings. The summed E-state index contributed by atoms with van der Waals surface area (Å²) in [4.78, 5) is 0. The fourth-order valence-electron chi connectivity index (χ4n) is 2.96. The molecule has 1 saturated heterocycles. The quantitative estimate of drug-likeness (QED) is 0.776. The van der Waals surface area contributed by atoms with E-state index in [4.69, 9.17) is 4.74 Å². The van der Waals surface area contributed by atoms with Gasteiger partial charge in [0.05, 0.1) is 0 Å². The van der Waals surface area contributed by atoms with Crippen molar-refractivity contribution in [3.8, 4) is 0 Å². The van der Waals surface area contributed by atoms with Gasteiger partial charge in [0, 0.05) is 6.61 Å². The van der Waals surface area contributed by atoms with E-state index in [2.05, 4.69) is 31.2 Å². The summed E-state index contributed by atoms with van der Waals surface area (Å²) in [5.74, 6) is -0.205. The van der Waals surface area contributed by atoms with Crippen molar-refractivity contribution in [2.24, 2.45) is 0 Å². The lowest BCUT2D eigenvalue weighted by atomic mass is 9.80. The molecule has 2 aromatic carbocycles. The van der Waals surface area contributed by atoms with Gasteiger partial charge in [-0.15, -0.1) is 0 Å². The van der Waals surface area contributed by atoms with E-state index in [1.807, 2.05) is 12.1 Å². The van der Waals surface area contributed by atoms with Crippen molar-refractivity contribution < 1.29 is 9.13 Å². The molecule has 0 N–H and O–H groups in total. The lowest BCUT2D eigenvalue weighted by Gasteiger charge is -2.38. The predicted octanol–water partition coefficient (Wildman–Crippen LogP) is 4.58.